The SMILES string of the molecule is O=c1[nH]c(=O)n([C@H]2C[C@@H](O)[C@@H](CO)O2)cc1-c1ccc2ccc3cccc4ccc1c2c34. The lowest BCUT2D eigenvalue weighted by molar-refractivity contribution is -0.0458. The van der Waals surface area contributed by atoms with E-state index in [1.807, 2.05) is 30.3 Å². The second-order valence-corrected chi connectivity index (χ2v) is 8.29. The van der Waals surface area contributed by atoms with E-state index in [9.17, 15) is 19.8 Å². The number of aliphatic hydroxyl groups is 2. The highest BCUT2D eigenvalue weighted by atomic mass is 16.5. The fourth-order valence-corrected chi connectivity index (χ4v) is 4.91. The minimum atomic E-state index is -0.887. The van der Waals surface area contributed by atoms with Crippen molar-refractivity contribution in [2.24, 2.45) is 0 Å². The van der Waals surface area contributed by atoms with Crippen LogP contribution in [0.15, 0.2) is 70.4 Å². The van der Waals surface area contributed by atoms with E-state index in [1.54, 1.807) is 0 Å². The number of hydrogen-bond acceptors (Lipinski definition) is 5. The normalized spacial score (nSPS) is 21.2. The van der Waals surface area contributed by atoms with Gasteiger partial charge < -0.3 is 14.9 Å². The number of nitrogens with one attached hydrogen (secondary N) is 1. The first-order valence-electron chi connectivity index (χ1n) is 10.5. The number of ether oxygens (including phenoxy) is 1. The Balaban J connectivity index is 1.59. The zero-order valence-corrected chi connectivity index (χ0v) is 17.0. The predicted octanol–water partition coefficient (Wildman–Crippen LogP) is 2.74. The molecule has 3 atom stereocenters. The van der Waals surface area contributed by atoms with Crippen molar-refractivity contribution in [1.82, 2.24) is 9.55 Å². The van der Waals surface area contributed by atoms with Crippen molar-refractivity contribution < 1.29 is 14.9 Å². The van der Waals surface area contributed by atoms with E-state index in [0.717, 1.165) is 32.3 Å². The summed E-state index contributed by atoms with van der Waals surface area (Å²) in [4.78, 5) is 27.8. The van der Waals surface area contributed by atoms with Gasteiger partial charge in [-0.05, 0) is 37.9 Å². The Morgan fingerprint density at radius 1 is 0.938 bits per heavy atom. The molecule has 0 unspecified atom stereocenters. The molecule has 1 aliphatic heterocycles. The summed E-state index contributed by atoms with van der Waals surface area (Å²) in [5.41, 5.74) is -0.0538. The molecule has 1 saturated heterocycles. The highest BCUT2D eigenvalue weighted by molar-refractivity contribution is 6.25. The minimum absolute atomic E-state index is 0.148. The number of rotatable bonds is 3. The van der Waals surface area contributed by atoms with Crippen LogP contribution < -0.4 is 11.2 Å². The van der Waals surface area contributed by atoms with Crippen LogP contribution in [0.3, 0.4) is 0 Å². The fourth-order valence-electron chi connectivity index (χ4n) is 4.91. The lowest BCUT2D eigenvalue weighted by atomic mass is 9.90. The Bertz CT molecular complexity index is 1590. The molecule has 0 radical (unpaired) electrons. The highest BCUT2D eigenvalue weighted by Crippen LogP contribution is 2.38. The van der Waals surface area contributed by atoms with Crippen molar-refractivity contribution in [1.29, 1.82) is 0 Å². The quantitative estimate of drug-likeness (QED) is 0.383. The van der Waals surface area contributed by atoms with Gasteiger partial charge in [0.1, 0.15) is 12.3 Å². The van der Waals surface area contributed by atoms with Crippen LogP contribution in [0.1, 0.15) is 12.6 Å². The summed E-state index contributed by atoms with van der Waals surface area (Å²) in [6.07, 6.45) is -0.789. The minimum Gasteiger partial charge on any atom is -0.394 e. The van der Waals surface area contributed by atoms with Crippen LogP contribution in [-0.2, 0) is 4.74 Å². The first-order valence-corrected chi connectivity index (χ1v) is 10.5. The Labute approximate surface area is 181 Å². The van der Waals surface area contributed by atoms with Gasteiger partial charge in [-0.25, -0.2) is 4.79 Å². The molecule has 7 nitrogen and oxygen atoms in total. The monoisotopic (exact) mass is 428 g/mol. The zero-order valence-electron chi connectivity index (χ0n) is 17.0. The van der Waals surface area contributed by atoms with Gasteiger partial charge in [0, 0.05) is 12.6 Å². The number of aromatic amines is 1. The lowest BCUT2D eigenvalue weighted by Crippen LogP contribution is -2.33. The molecule has 0 saturated carbocycles. The molecule has 0 aliphatic carbocycles. The van der Waals surface area contributed by atoms with E-state index in [-0.39, 0.29) is 13.0 Å². The zero-order chi connectivity index (χ0) is 22.0. The van der Waals surface area contributed by atoms with Crippen molar-refractivity contribution in [3.8, 4) is 11.1 Å². The summed E-state index contributed by atoms with van der Waals surface area (Å²) < 4.78 is 6.93. The van der Waals surface area contributed by atoms with Crippen LogP contribution >= 0.6 is 0 Å². The molecule has 1 fully saturated rings. The van der Waals surface area contributed by atoms with Gasteiger partial charge in [-0.2, -0.15) is 0 Å². The van der Waals surface area contributed by atoms with Crippen molar-refractivity contribution >= 4 is 32.3 Å². The molecule has 1 aliphatic rings. The second-order valence-electron chi connectivity index (χ2n) is 8.29. The maximum Gasteiger partial charge on any atom is 0.330 e. The summed E-state index contributed by atoms with van der Waals surface area (Å²) in [5.74, 6) is 0. The summed E-state index contributed by atoms with van der Waals surface area (Å²) in [6, 6.07) is 18.3. The number of aliphatic hydroxyl groups excluding tert-OH is 2. The van der Waals surface area contributed by atoms with Crippen LogP contribution in [-0.4, -0.2) is 38.6 Å². The van der Waals surface area contributed by atoms with Gasteiger partial charge in [0.25, 0.3) is 5.56 Å². The van der Waals surface area contributed by atoms with E-state index in [4.69, 9.17) is 4.74 Å². The summed E-state index contributed by atoms with van der Waals surface area (Å²) in [6.45, 7) is -0.350. The number of aromatic nitrogens is 2. The Kier molecular flexibility index (Phi) is 4.19. The molecule has 32 heavy (non-hydrogen) atoms. The van der Waals surface area contributed by atoms with E-state index < -0.39 is 29.7 Å². The van der Waals surface area contributed by atoms with Gasteiger partial charge in [-0.15, -0.1) is 0 Å². The third-order valence-electron chi connectivity index (χ3n) is 6.48. The van der Waals surface area contributed by atoms with Gasteiger partial charge >= 0.3 is 5.69 Å². The van der Waals surface area contributed by atoms with Crippen LogP contribution in [0.5, 0.6) is 0 Å². The van der Waals surface area contributed by atoms with E-state index in [2.05, 4.69) is 29.2 Å². The molecule has 4 aromatic carbocycles. The molecular weight excluding hydrogens is 408 g/mol. The number of hydrogen-bond donors (Lipinski definition) is 3. The largest absolute Gasteiger partial charge is 0.394 e. The predicted molar refractivity (Wildman–Crippen MR) is 122 cm³/mol. The third kappa shape index (κ3) is 2.72. The Morgan fingerprint density at radius 2 is 1.62 bits per heavy atom. The van der Waals surface area contributed by atoms with Gasteiger partial charge in [-0.3, -0.25) is 14.3 Å². The molecule has 160 valence electrons. The highest BCUT2D eigenvalue weighted by Gasteiger charge is 2.35. The van der Waals surface area contributed by atoms with Gasteiger partial charge in [0.2, 0.25) is 0 Å². The molecular formula is C25H20N2O5. The average molecular weight is 428 g/mol. The summed E-state index contributed by atoms with van der Waals surface area (Å²) in [7, 11) is 0. The molecule has 1 aromatic heterocycles. The topological polar surface area (TPSA) is 105 Å². The number of H-pyrrole nitrogens is 1. The van der Waals surface area contributed by atoms with E-state index >= 15 is 0 Å². The van der Waals surface area contributed by atoms with Crippen LogP contribution in [0.2, 0.25) is 0 Å². The van der Waals surface area contributed by atoms with Crippen LogP contribution in [0, 0.1) is 0 Å². The number of nitrogens with zero attached hydrogens (tertiary/aromatic N) is 1. The van der Waals surface area contributed by atoms with E-state index in [0.29, 0.717) is 11.1 Å². The molecule has 7 heteroatoms. The van der Waals surface area contributed by atoms with Crippen LogP contribution in [0.25, 0.3) is 43.4 Å². The van der Waals surface area contributed by atoms with Crippen LogP contribution in [0.4, 0.5) is 0 Å². The fraction of sp³-hybridized carbons (Fsp3) is 0.200. The molecule has 3 N–H and O–H groups in total. The standard InChI is InChI=1S/C25H20N2O5/c28-12-20-19(29)10-21(32-20)27-11-18(24(30)26-25(27)31)16-8-6-15-5-4-13-2-1-3-14-7-9-17(16)23(15)22(13)14/h1-9,11,19-21,28-29H,10,12H2,(H,26,30,31)/t19-,20-,21-/m1/s1. The van der Waals surface area contributed by atoms with Gasteiger partial charge in [0.05, 0.1) is 18.3 Å². The smallest absolute Gasteiger partial charge is 0.330 e. The van der Waals surface area contributed by atoms with Crippen molar-refractivity contribution in [3.05, 3.63) is 81.6 Å². The van der Waals surface area contributed by atoms with Crippen molar-refractivity contribution in [2.45, 2.75) is 24.9 Å². The van der Waals surface area contributed by atoms with Gasteiger partial charge in [0.15, 0.2) is 0 Å². The first kappa shape index (κ1) is 19.2. The maximum atomic E-state index is 12.9. The molecule has 5 aromatic rings. The first-order chi connectivity index (χ1) is 15.5. The summed E-state index contributed by atoms with van der Waals surface area (Å²) >= 11 is 0. The molecule has 0 bridgehead atoms. The maximum absolute atomic E-state index is 12.9. The summed E-state index contributed by atoms with van der Waals surface area (Å²) in [5, 5.41) is 25.9. The van der Waals surface area contributed by atoms with Crippen molar-refractivity contribution in [2.75, 3.05) is 6.61 Å². The molecule has 2 heterocycles. The average Bonchev–Trinajstić information content (AvgIpc) is 3.18. The van der Waals surface area contributed by atoms with Crippen molar-refractivity contribution in [3.63, 3.8) is 0 Å². The molecule has 6 rings (SSSR count). The molecule has 0 spiro atoms. The third-order valence-corrected chi connectivity index (χ3v) is 6.48. The van der Waals surface area contributed by atoms with E-state index in [1.165, 1.54) is 10.8 Å². The Morgan fingerprint density at radius 3 is 2.34 bits per heavy atom. The Hall–Kier alpha value is -3.52. The second kappa shape index (κ2) is 7.00. The molecule has 0 amide bonds. The van der Waals surface area contributed by atoms with Gasteiger partial charge in [-0.1, -0.05) is 54.6 Å². The lowest BCUT2D eigenvalue weighted by Gasteiger charge is -2.17. The number of benzene rings is 4.